The molecule has 1 aliphatic heterocycles. The van der Waals surface area contributed by atoms with E-state index in [9.17, 15) is 9.59 Å². The number of benzene rings is 2. The normalized spacial score (nSPS) is 18.6. The van der Waals surface area contributed by atoms with Gasteiger partial charge in [-0.15, -0.1) is 0 Å². The third kappa shape index (κ3) is 4.22. The molecule has 1 unspecified atom stereocenters. The number of rotatable bonds is 5. The number of likely N-dealkylation sites (tertiary alicyclic amines) is 1. The van der Waals surface area contributed by atoms with E-state index in [1.54, 1.807) is 25.1 Å². The first-order valence-corrected chi connectivity index (χ1v) is 9.45. The maximum absolute atomic E-state index is 13.0. The van der Waals surface area contributed by atoms with Gasteiger partial charge >= 0.3 is 6.09 Å². The van der Waals surface area contributed by atoms with Crippen LogP contribution in [0.5, 0.6) is 5.75 Å². The van der Waals surface area contributed by atoms with Gasteiger partial charge in [0.05, 0.1) is 12.1 Å². The van der Waals surface area contributed by atoms with Crippen molar-refractivity contribution in [1.82, 2.24) is 4.90 Å². The molecule has 1 atom stereocenters. The fourth-order valence-electron chi connectivity index (χ4n) is 3.30. The van der Waals surface area contributed by atoms with Gasteiger partial charge in [0, 0.05) is 12.2 Å². The minimum Gasteiger partial charge on any atom is -0.495 e. The SMILES string of the molecule is COc1ccc(NC(=O)C2(C)CCCN2C(=O)OCc2ccccc2)cc1Cl. The molecule has 0 radical (unpaired) electrons. The van der Waals surface area contributed by atoms with E-state index in [0.29, 0.717) is 29.4 Å². The summed E-state index contributed by atoms with van der Waals surface area (Å²) in [5, 5.41) is 3.25. The largest absolute Gasteiger partial charge is 0.495 e. The number of halogens is 1. The Balaban J connectivity index is 1.67. The number of amides is 2. The van der Waals surface area contributed by atoms with Crippen LogP contribution >= 0.6 is 11.6 Å². The molecule has 0 aromatic heterocycles. The zero-order chi connectivity index (χ0) is 20.1. The van der Waals surface area contributed by atoms with Crippen LogP contribution in [-0.4, -0.2) is 36.1 Å². The molecule has 1 fully saturated rings. The van der Waals surface area contributed by atoms with Crippen molar-refractivity contribution in [2.75, 3.05) is 19.0 Å². The van der Waals surface area contributed by atoms with Crippen molar-refractivity contribution < 1.29 is 19.1 Å². The van der Waals surface area contributed by atoms with Gasteiger partial charge in [0.15, 0.2) is 0 Å². The first-order valence-electron chi connectivity index (χ1n) is 9.07. The number of nitrogens with one attached hydrogen (secondary N) is 1. The lowest BCUT2D eigenvalue weighted by Gasteiger charge is -2.33. The first-order chi connectivity index (χ1) is 13.4. The van der Waals surface area contributed by atoms with Gasteiger partial charge in [0.25, 0.3) is 0 Å². The van der Waals surface area contributed by atoms with Gasteiger partial charge in [-0.25, -0.2) is 4.79 Å². The van der Waals surface area contributed by atoms with Crippen LogP contribution in [0.3, 0.4) is 0 Å². The lowest BCUT2D eigenvalue weighted by molar-refractivity contribution is -0.125. The lowest BCUT2D eigenvalue weighted by Crippen LogP contribution is -2.53. The van der Waals surface area contributed by atoms with Crippen LogP contribution < -0.4 is 10.1 Å². The average molecular weight is 403 g/mol. The predicted octanol–water partition coefficient (Wildman–Crippen LogP) is 4.48. The zero-order valence-electron chi connectivity index (χ0n) is 15.9. The third-order valence-corrected chi connectivity index (χ3v) is 5.26. The number of carbonyl (C=O) groups is 2. The molecule has 28 heavy (non-hydrogen) atoms. The Morgan fingerprint density at radius 3 is 2.64 bits per heavy atom. The van der Waals surface area contributed by atoms with Gasteiger partial charge < -0.3 is 14.8 Å². The summed E-state index contributed by atoms with van der Waals surface area (Å²) in [5.41, 5.74) is 0.454. The van der Waals surface area contributed by atoms with E-state index < -0.39 is 11.6 Å². The van der Waals surface area contributed by atoms with Gasteiger partial charge in [-0.2, -0.15) is 0 Å². The number of methoxy groups -OCH3 is 1. The molecule has 0 bridgehead atoms. The highest BCUT2D eigenvalue weighted by molar-refractivity contribution is 6.32. The van der Waals surface area contributed by atoms with Crippen molar-refractivity contribution in [2.45, 2.75) is 31.9 Å². The van der Waals surface area contributed by atoms with Crippen molar-refractivity contribution in [3.05, 3.63) is 59.1 Å². The second-order valence-corrected chi connectivity index (χ2v) is 7.28. The summed E-state index contributed by atoms with van der Waals surface area (Å²) in [6.07, 6.45) is 0.795. The van der Waals surface area contributed by atoms with Gasteiger partial charge in [0.1, 0.15) is 17.9 Å². The van der Waals surface area contributed by atoms with Crippen LogP contribution in [0.4, 0.5) is 10.5 Å². The smallest absolute Gasteiger partial charge is 0.410 e. The molecule has 148 valence electrons. The van der Waals surface area contributed by atoms with Crippen molar-refractivity contribution in [1.29, 1.82) is 0 Å². The summed E-state index contributed by atoms with van der Waals surface area (Å²) in [6.45, 7) is 2.40. The number of anilines is 1. The van der Waals surface area contributed by atoms with E-state index in [4.69, 9.17) is 21.1 Å². The average Bonchev–Trinajstić information content (AvgIpc) is 3.10. The Hall–Kier alpha value is -2.73. The molecule has 0 spiro atoms. The zero-order valence-corrected chi connectivity index (χ0v) is 16.7. The second kappa shape index (κ2) is 8.52. The fourth-order valence-corrected chi connectivity index (χ4v) is 3.56. The molecule has 1 N–H and O–H groups in total. The monoisotopic (exact) mass is 402 g/mol. The summed E-state index contributed by atoms with van der Waals surface area (Å²) in [7, 11) is 1.53. The summed E-state index contributed by atoms with van der Waals surface area (Å²) in [6, 6.07) is 14.5. The summed E-state index contributed by atoms with van der Waals surface area (Å²) < 4.78 is 10.5. The highest BCUT2D eigenvalue weighted by Gasteiger charge is 2.46. The molecule has 1 saturated heterocycles. The molecule has 0 saturated carbocycles. The van der Waals surface area contributed by atoms with Crippen molar-refractivity contribution in [3.63, 3.8) is 0 Å². The maximum atomic E-state index is 13.0. The van der Waals surface area contributed by atoms with Gasteiger partial charge in [0.2, 0.25) is 5.91 Å². The van der Waals surface area contributed by atoms with Crippen LogP contribution in [0.25, 0.3) is 0 Å². The Morgan fingerprint density at radius 2 is 1.96 bits per heavy atom. The number of nitrogens with zero attached hydrogens (tertiary/aromatic N) is 1. The van der Waals surface area contributed by atoms with E-state index in [1.165, 1.54) is 12.0 Å². The molecular formula is C21H23ClN2O4. The number of hydrogen-bond donors (Lipinski definition) is 1. The number of ether oxygens (including phenoxy) is 2. The van der Waals surface area contributed by atoms with Crippen LogP contribution in [0, 0.1) is 0 Å². The minimum atomic E-state index is -0.986. The van der Waals surface area contributed by atoms with E-state index in [1.807, 2.05) is 30.3 Å². The number of carbonyl (C=O) groups excluding carboxylic acids is 2. The van der Waals surface area contributed by atoms with Crippen LogP contribution in [0.15, 0.2) is 48.5 Å². The van der Waals surface area contributed by atoms with Crippen LogP contribution in [-0.2, 0) is 16.1 Å². The lowest BCUT2D eigenvalue weighted by atomic mass is 9.98. The molecule has 1 aliphatic rings. The van der Waals surface area contributed by atoms with E-state index in [2.05, 4.69) is 5.32 Å². The molecule has 6 nitrogen and oxygen atoms in total. The van der Waals surface area contributed by atoms with E-state index >= 15 is 0 Å². The van der Waals surface area contributed by atoms with E-state index in [-0.39, 0.29) is 12.5 Å². The summed E-state index contributed by atoms with van der Waals surface area (Å²) in [4.78, 5) is 27.1. The van der Waals surface area contributed by atoms with E-state index in [0.717, 1.165) is 12.0 Å². The number of hydrogen-bond acceptors (Lipinski definition) is 4. The molecule has 3 rings (SSSR count). The predicted molar refractivity (Wildman–Crippen MR) is 108 cm³/mol. The van der Waals surface area contributed by atoms with Crippen LogP contribution in [0.2, 0.25) is 5.02 Å². The third-order valence-electron chi connectivity index (χ3n) is 4.97. The molecule has 7 heteroatoms. The molecule has 2 amide bonds. The van der Waals surface area contributed by atoms with Gasteiger partial charge in [-0.3, -0.25) is 9.69 Å². The maximum Gasteiger partial charge on any atom is 0.410 e. The Bertz CT molecular complexity index is 859. The second-order valence-electron chi connectivity index (χ2n) is 6.87. The minimum absolute atomic E-state index is 0.169. The highest BCUT2D eigenvalue weighted by atomic mass is 35.5. The highest BCUT2D eigenvalue weighted by Crippen LogP contribution is 2.32. The van der Waals surface area contributed by atoms with Crippen molar-refractivity contribution >= 4 is 29.3 Å². The molecular weight excluding hydrogens is 380 g/mol. The molecule has 0 aliphatic carbocycles. The Kier molecular flexibility index (Phi) is 6.09. The first kappa shape index (κ1) is 20.0. The van der Waals surface area contributed by atoms with Crippen molar-refractivity contribution in [2.24, 2.45) is 0 Å². The van der Waals surface area contributed by atoms with Gasteiger partial charge in [-0.1, -0.05) is 41.9 Å². The molecule has 2 aromatic rings. The molecule has 2 aromatic carbocycles. The Morgan fingerprint density at radius 1 is 1.21 bits per heavy atom. The quantitative estimate of drug-likeness (QED) is 0.800. The summed E-state index contributed by atoms with van der Waals surface area (Å²) in [5.74, 6) is 0.251. The molecule has 1 heterocycles. The standard InChI is InChI=1S/C21H23ClN2O4/c1-21(19(25)23-16-9-10-18(27-2)17(22)13-16)11-6-12-24(21)20(26)28-14-15-7-4-3-5-8-15/h3-5,7-10,13H,6,11-12,14H2,1-2H3,(H,23,25). The summed E-state index contributed by atoms with van der Waals surface area (Å²) >= 11 is 6.13. The topological polar surface area (TPSA) is 67.9 Å². The fraction of sp³-hybridized carbons (Fsp3) is 0.333. The van der Waals surface area contributed by atoms with Crippen LogP contribution in [0.1, 0.15) is 25.3 Å². The Labute approximate surface area is 169 Å². The van der Waals surface area contributed by atoms with Gasteiger partial charge in [-0.05, 0) is 43.5 Å². The van der Waals surface area contributed by atoms with Crippen molar-refractivity contribution in [3.8, 4) is 5.75 Å².